The van der Waals surface area contributed by atoms with E-state index in [9.17, 15) is 4.39 Å². The zero-order valence-electron chi connectivity index (χ0n) is 12.1. The number of allylic oxidation sites excluding steroid dienone is 1. The van der Waals surface area contributed by atoms with Crippen molar-refractivity contribution < 1.29 is 4.39 Å². The highest BCUT2D eigenvalue weighted by Gasteiger charge is 2.13. The predicted molar refractivity (Wildman–Crippen MR) is 84.9 cm³/mol. The number of nitrogens with zero attached hydrogens (tertiary/aromatic N) is 3. The van der Waals surface area contributed by atoms with Crippen LogP contribution >= 0.6 is 0 Å². The van der Waals surface area contributed by atoms with Gasteiger partial charge in [-0.3, -0.25) is 0 Å². The van der Waals surface area contributed by atoms with Crippen LogP contribution in [0.2, 0.25) is 0 Å². The lowest BCUT2D eigenvalue weighted by molar-refractivity contribution is 0.627. The quantitative estimate of drug-likeness (QED) is 0.669. The van der Waals surface area contributed by atoms with Crippen LogP contribution in [0.4, 0.5) is 4.39 Å². The van der Waals surface area contributed by atoms with Crippen molar-refractivity contribution in [2.24, 2.45) is 0 Å². The third-order valence-corrected chi connectivity index (χ3v) is 3.47. The predicted octanol–water partition coefficient (Wildman–Crippen LogP) is 3.86. The lowest BCUT2D eigenvalue weighted by Crippen LogP contribution is -2.06. The maximum Gasteiger partial charge on any atom is 0.123 e. The topological polar surface area (TPSA) is 30.7 Å². The Balaban J connectivity index is 1.98. The van der Waals surface area contributed by atoms with E-state index in [1.165, 1.54) is 12.1 Å². The first kappa shape index (κ1) is 14.2. The van der Waals surface area contributed by atoms with Crippen molar-refractivity contribution in [2.45, 2.75) is 13.0 Å². The van der Waals surface area contributed by atoms with Crippen LogP contribution in [0.25, 0.3) is 11.3 Å². The van der Waals surface area contributed by atoms with Crippen molar-refractivity contribution in [3.8, 4) is 11.3 Å². The minimum absolute atomic E-state index is 0.259. The standard InChI is InChI=1S/C18H16FN3/c1-2-6-17-18(15-9-11-16(19)12-10-15)20-21-22(17)13-14-7-4-3-5-8-14/h2-5,7-12H,1,6,13H2. The van der Waals surface area contributed by atoms with E-state index in [0.717, 1.165) is 22.5 Å². The second kappa shape index (κ2) is 6.35. The summed E-state index contributed by atoms with van der Waals surface area (Å²) in [6, 6.07) is 16.4. The number of halogens is 1. The van der Waals surface area contributed by atoms with Gasteiger partial charge in [-0.05, 0) is 29.8 Å². The summed E-state index contributed by atoms with van der Waals surface area (Å²) in [5.74, 6) is -0.259. The first-order chi connectivity index (χ1) is 10.8. The van der Waals surface area contributed by atoms with E-state index in [1.54, 1.807) is 12.1 Å². The summed E-state index contributed by atoms with van der Waals surface area (Å²) in [6.45, 7) is 4.45. The van der Waals surface area contributed by atoms with Crippen molar-refractivity contribution in [3.63, 3.8) is 0 Å². The molecule has 0 saturated heterocycles. The fourth-order valence-electron chi connectivity index (χ4n) is 2.39. The highest BCUT2D eigenvalue weighted by molar-refractivity contribution is 5.61. The van der Waals surface area contributed by atoms with Gasteiger partial charge in [0.25, 0.3) is 0 Å². The Kier molecular flexibility index (Phi) is 4.10. The number of hydrogen-bond acceptors (Lipinski definition) is 2. The van der Waals surface area contributed by atoms with Crippen LogP contribution in [-0.2, 0) is 13.0 Å². The van der Waals surface area contributed by atoms with E-state index in [2.05, 4.69) is 29.0 Å². The Hall–Kier alpha value is -2.75. The van der Waals surface area contributed by atoms with Crippen LogP contribution in [0.3, 0.4) is 0 Å². The lowest BCUT2D eigenvalue weighted by atomic mass is 10.1. The molecule has 1 heterocycles. The summed E-state index contributed by atoms with van der Waals surface area (Å²) in [4.78, 5) is 0. The van der Waals surface area contributed by atoms with Gasteiger partial charge in [-0.1, -0.05) is 41.6 Å². The van der Waals surface area contributed by atoms with E-state index in [1.807, 2.05) is 29.0 Å². The van der Waals surface area contributed by atoms with Gasteiger partial charge in [-0.15, -0.1) is 11.7 Å². The Morgan fingerprint density at radius 1 is 1.05 bits per heavy atom. The minimum Gasteiger partial charge on any atom is -0.244 e. The summed E-state index contributed by atoms with van der Waals surface area (Å²) in [7, 11) is 0. The molecule has 2 aromatic carbocycles. The second-order valence-corrected chi connectivity index (χ2v) is 5.03. The van der Waals surface area contributed by atoms with Crippen LogP contribution in [-0.4, -0.2) is 15.0 Å². The third-order valence-electron chi connectivity index (χ3n) is 3.47. The largest absolute Gasteiger partial charge is 0.244 e. The first-order valence-electron chi connectivity index (χ1n) is 7.11. The van der Waals surface area contributed by atoms with Crippen molar-refractivity contribution in [1.82, 2.24) is 15.0 Å². The molecule has 0 saturated carbocycles. The molecule has 0 radical (unpaired) electrons. The molecule has 0 atom stereocenters. The summed E-state index contributed by atoms with van der Waals surface area (Å²) in [5.41, 5.74) is 3.77. The number of rotatable bonds is 5. The highest BCUT2D eigenvalue weighted by atomic mass is 19.1. The normalized spacial score (nSPS) is 10.6. The summed E-state index contributed by atoms with van der Waals surface area (Å²) >= 11 is 0. The summed E-state index contributed by atoms with van der Waals surface area (Å²) in [6.07, 6.45) is 2.49. The first-order valence-corrected chi connectivity index (χ1v) is 7.11. The van der Waals surface area contributed by atoms with Crippen LogP contribution < -0.4 is 0 Å². The van der Waals surface area contributed by atoms with Gasteiger partial charge in [0, 0.05) is 12.0 Å². The Morgan fingerprint density at radius 3 is 2.45 bits per heavy atom. The molecule has 0 unspecified atom stereocenters. The molecular weight excluding hydrogens is 277 g/mol. The van der Waals surface area contributed by atoms with E-state index >= 15 is 0 Å². The van der Waals surface area contributed by atoms with E-state index < -0.39 is 0 Å². The molecule has 0 aliphatic heterocycles. The minimum atomic E-state index is -0.259. The maximum atomic E-state index is 13.1. The molecule has 3 nitrogen and oxygen atoms in total. The molecule has 1 aromatic heterocycles. The Labute approximate surface area is 128 Å². The van der Waals surface area contributed by atoms with Crippen molar-refractivity contribution in [3.05, 3.63) is 84.3 Å². The fourth-order valence-corrected chi connectivity index (χ4v) is 2.39. The van der Waals surface area contributed by atoms with Crippen molar-refractivity contribution in [2.75, 3.05) is 0 Å². The van der Waals surface area contributed by atoms with Crippen LogP contribution in [0.15, 0.2) is 67.3 Å². The van der Waals surface area contributed by atoms with Gasteiger partial charge in [0.15, 0.2) is 0 Å². The average Bonchev–Trinajstić information content (AvgIpc) is 2.92. The second-order valence-electron chi connectivity index (χ2n) is 5.03. The Bertz CT molecular complexity index is 761. The van der Waals surface area contributed by atoms with Gasteiger partial charge < -0.3 is 0 Å². The van der Waals surface area contributed by atoms with Crippen molar-refractivity contribution >= 4 is 0 Å². The molecule has 0 bridgehead atoms. The zero-order chi connectivity index (χ0) is 15.4. The Morgan fingerprint density at radius 2 is 1.77 bits per heavy atom. The number of benzene rings is 2. The summed E-state index contributed by atoms with van der Waals surface area (Å²) in [5, 5.41) is 8.53. The van der Waals surface area contributed by atoms with Crippen LogP contribution in [0.1, 0.15) is 11.3 Å². The summed E-state index contributed by atoms with van der Waals surface area (Å²) < 4.78 is 15.0. The number of hydrogen-bond donors (Lipinski definition) is 0. The van der Waals surface area contributed by atoms with E-state index in [0.29, 0.717) is 13.0 Å². The molecule has 4 heteroatoms. The van der Waals surface area contributed by atoms with Gasteiger partial charge >= 0.3 is 0 Å². The van der Waals surface area contributed by atoms with Gasteiger partial charge in [0.05, 0.1) is 12.2 Å². The van der Waals surface area contributed by atoms with Gasteiger partial charge in [-0.2, -0.15) is 0 Å². The monoisotopic (exact) mass is 293 g/mol. The van der Waals surface area contributed by atoms with E-state index in [-0.39, 0.29) is 5.82 Å². The van der Waals surface area contributed by atoms with Crippen LogP contribution in [0.5, 0.6) is 0 Å². The number of aromatic nitrogens is 3. The molecule has 3 aromatic rings. The molecule has 0 N–H and O–H groups in total. The average molecular weight is 293 g/mol. The van der Waals surface area contributed by atoms with Gasteiger partial charge in [0.2, 0.25) is 0 Å². The van der Waals surface area contributed by atoms with Crippen LogP contribution in [0, 0.1) is 5.82 Å². The van der Waals surface area contributed by atoms with E-state index in [4.69, 9.17) is 0 Å². The fraction of sp³-hybridized carbons (Fsp3) is 0.111. The highest BCUT2D eigenvalue weighted by Crippen LogP contribution is 2.22. The molecule has 0 aliphatic rings. The molecule has 110 valence electrons. The van der Waals surface area contributed by atoms with Gasteiger partial charge in [-0.25, -0.2) is 9.07 Å². The molecule has 0 amide bonds. The third kappa shape index (κ3) is 2.96. The maximum absolute atomic E-state index is 13.1. The molecule has 0 spiro atoms. The molecule has 0 fully saturated rings. The van der Waals surface area contributed by atoms with Gasteiger partial charge in [0.1, 0.15) is 11.5 Å². The SMILES string of the molecule is C=CCc1c(-c2ccc(F)cc2)nnn1Cc1ccccc1. The molecule has 3 rings (SSSR count). The zero-order valence-corrected chi connectivity index (χ0v) is 12.1. The smallest absolute Gasteiger partial charge is 0.123 e. The molecular formula is C18H16FN3. The molecule has 22 heavy (non-hydrogen) atoms. The lowest BCUT2D eigenvalue weighted by Gasteiger charge is -2.06. The van der Waals surface area contributed by atoms with Crippen molar-refractivity contribution in [1.29, 1.82) is 0 Å². The molecule has 0 aliphatic carbocycles.